The maximum Gasteiger partial charge on any atom is 0.316 e. The van der Waals surface area contributed by atoms with Crippen LogP contribution in [0.15, 0.2) is 0 Å². The monoisotopic (exact) mass is 366 g/mol. The summed E-state index contributed by atoms with van der Waals surface area (Å²) in [4.78, 5) is 13.5. The molecule has 0 heterocycles. The van der Waals surface area contributed by atoms with E-state index in [1.54, 1.807) is 0 Å². The maximum atomic E-state index is 13.5. The van der Waals surface area contributed by atoms with Crippen molar-refractivity contribution in [2.45, 2.75) is 90.8 Å². The average molecular weight is 367 g/mol. The fourth-order valence-electron chi connectivity index (χ4n) is 6.74. The number of esters is 1. The SMILES string of the molecule is CPC(C)(CC(C)(C)C)C(=O)OC1(C(C)C)C2CC3CC(C2)CC1C3. The van der Waals surface area contributed by atoms with Crippen LogP contribution in [0, 0.1) is 35.0 Å². The lowest BCUT2D eigenvalue weighted by Crippen LogP contribution is -2.63. The van der Waals surface area contributed by atoms with Crippen LogP contribution in [0.5, 0.6) is 0 Å². The number of ether oxygens (including phenoxy) is 1. The molecule has 0 amide bonds. The van der Waals surface area contributed by atoms with E-state index in [0.29, 0.717) is 26.3 Å². The van der Waals surface area contributed by atoms with Gasteiger partial charge in [0.15, 0.2) is 0 Å². The van der Waals surface area contributed by atoms with Gasteiger partial charge in [0, 0.05) is 0 Å². The first kappa shape index (κ1) is 19.7. The molecule has 0 N–H and O–H groups in total. The molecule has 0 aromatic heterocycles. The van der Waals surface area contributed by atoms with Crippen molar-refractivity contribution in [2.75, 3.05) is 6.66 Å². The predicted octanol–water partition coefficient (Wildman–Crippen LogP) is 5.88. The molecule has 2 atom stereocenters. The van der Waals surface area contributed by atoms with Crippen LogP contribution in [-0.4, -0.2) is 23.4 Å². The third-order valence-electron chi connectivity index (χ3n) is 7.47. The molecular formula is C22H39O2P. The van der Waals surface area contributed by atoms with Crippen molar-refractivity contribution >= 4 is 14.6 Å². The Morgan fingerprint density at radius 1 is 1.04 bits per heavy atom. The van der Waals surface area contributed by atoms with Gasteiger partial charge in [0.2, 0.25) is 0 Å². The molecule has 4 aliphatic rings. The Balaban J connectivity index is 1.86. The van der Waals surface area contributed by atoms with Gasteiger partial charge < -0.3 is 4.74 Å². The van der Waals surface area contributed by atoms with E-state index in [9.17, 15) is 4.79 Å². The van der Waals surface area contributed by atoms with Gasteiger partial charge in [-0.3, -0.25) is 4.79 Å². The fourth-order valence-corrected chi connectivity index (χ4v) is 7.71. The molecular weight excluding hydrogens is 327 g/mol. The molecule has 144 valence electrons. The van der Waals surface area contributed by atoms with Gasteiger partial charge in [0.05, 0.1) is 5.16 Å². The summed E-state index contributed by atoms with van der Waals surface area (Å²) in [6.07, 6.45) is 7.52. The molecule has 0 radical (unpaired) electrons. The first-order chi connectivity index (χ1) is 11.5. The molecule has 4 saturated carbocycles. The highest BCUT2D eigenvalue weighted by atomic mass is 31.1. The molecule has 4 fully saturated rings. The van der Waals surface area contributed by atoms with Crippen LogP contribution < -0.4 is 0 Å². The van der Waals surface area contributed by atoms with E-state index in [1.807, 2.05) is 0 Å². The normalized spacial score (nSPS) is 40.0. The van der Waals surface area contributed by atoms with Crippen LogP contribution in [0.4, 0.5) is 0 Å². The Labute approximate surface area is 157 Å². The van der Waals surface area contributed by atoms with Crippen molar-refractivity contribution in [1.82, 2.24) is 0 Å². The predicted molar refractivity (Wildman–Crippen MR) is 107 cm³/mol. The van der Waals surface area contributed by atoms with Crippen molar-refractivity contribution in [3.05, 3.63) is 0 Å². The quantitative estimate of drug-likeness (QED) is 0.448. The van der Waals surface area contributed by atoms with Crippen molar-refractivity contribution in [3.63, 3.8) is 0 Å². The smallest absolute Gasteiger partial charge is 0.316 e. The summed E-state index contributed by atoms with van der Waals surface area (Å²) in [5, 5.41) is -0.338. The number of carbonyl (C=O) groups is 1. The highest BCUT2D eigenvalue weighted by molar-refractivity contribution is 7.40. The van der Waals surface area contributed by atoms with Gasteiger partial charge in [0.1, 0.15) is 5.60 Å². The fraction of sp³-hybridized carbons (Fsp3) is 0.955. The molecule has 3 heteroatoms. The summed E-state index contributed by atoms with van der Waals surface area (Å²) in [6.45, 7) is 15.6. The minimum Gasteiger partial charge on any atom is -0.458 e. The molecule has 0 aromatic carbocycles. The Bertz CT molecular complexity index is 491. The van der Waals surface area contributed by atoms with E-state index >= 15 is 0 Å². The standard InChI is InChI=1S/C22H39O2P/c1-14(2)22(17-9-15-8-16(11-17)12-18(22)10-15)24-19(23)21(6,25-7)13-20(3,4)5/h14-18,25H,8-13H2,1-7H3. The third-order valence-corrected chi connectivity index (χ3v) is 8.96. The summed E-state index contributed by atoms with van der Waals surface area (Å²) >= 11 is 0. The van der Waals surface area contributed by atoms with Gasteiger partial charge >= 0.3 is 5.97 Å². The second kappa shape index (κ2) is 6.50. The van der Waals surface area contributed by atoms with E-state index in [1.165, 1.54) is 32.1 Å². The van der Waals surface area contributed by atoms with Crippen LogP contribution in [0.1, 0.15) is 80.1 Å². The molecule has 2 unspecified atom stereocenters. The summed E-state index contributed by atoms with van der Waals surface area (Å²) in [7, 11) is 0.589. The lowest BCUT2D eigenvalue weighted by atomic mass is 9.47. The van der Waals surface area contributed by atoms with E-state index in [-0.39, 0.29) is 22.1 Å². The van der Waals surface area contributed by atoms with Crippen molar-refractivity contribution in [1.29, 1.82) is 0 Å². The lowest BCUT2D eigenvalue weighted by molar-refractivity contribution is -0.227. The van der Waals surface area contributed by atoms with Gasteiger partial charge in [-0.05, 0) is 87.1 Å². The highest BCUT2D eigenvalue weighted by Crippen LogP contribution is 2.62. The zero-order valence-corrected chi connectivity index (χ0v) is 18.4. The second-order valence-corrected chi connectivity index (χ2v) is 12.6. The summed E-state index contributed by atoms with van der Waals surface area (Å²) in [5.74, 6) is 3.53. The van der Waals surface area contributed by atoms with E-state index in [4.69, 9.17) is 4.74 Å². The van der Waals surface area contributed by atoms with Crippen LogP contribution in [0.3, 0.4) is 0 Å². The molecule has 0 saturated heterocycles. The van der Waals surface area contributed by atoms with Crippen LogP contribution in [0.2, 0.25) is 0 Å². The van der Waals surface area contributed by atoms with Crippen LogP contribution >= 0.6 is 8.58 Å². The molecule has 4 rings (SSSR count). The van der Waals surface area contributed by atoms with Crippen molar-refractivity contribution < 1.29 is 9.53 Å². The minimum atomic E-state index is -0.338. The first-order valence-corrected chi connectivity index (χ1v) is 11.9. The molecule has 0 aromatic rings. The second-order valence-electron chi connectivity index (χ2n) is 11.0. The minimum absolute atomic E-state index is 0.0874. The number of rotatable bonds is 5. The van der Waals surface area contributed by atoms with E-state index in [2.05, 4.69) is 48.2 Å². The van der Waals surface area contributed by atoms with Crippen LogP contribution in [-0.2, 0) is 9.53 Å². The van der Waals surface area contributed by atoms with Gasteiger partial charge in [-0.1, -0.05) is 34.6 Å². The van der Waals surface area contributed by atoms with Gasteiger partial charge in [-0.15, -0.1) is 8.58 Å². The van der Waals surface area contributed by atoms with Gasteiger partial charge in [0.25, 0.3) is 0 Å². The maximum absolute atomic E-state index is 13.5. The lowest BCUT2D eigenvalue weighted by Gasteiger charge is -2.62. The largest absolute Gasteiger partial charge is 0.458 e. The summed E-state index contributed by atoms with van der Waals surface area (Å²) < 4.78 is 6.65. The Kier molecular flexibility index (Phi) is 5.11. The van der Waals surface area contributed by atoms with E-state index < -0.39 is 0 Å². The zero-order valence-electron chi connectivity index (χ0n) is 17.4. The Morgan fingerprint density at radius 3 is 1.88 bits per heavy atom. The molecule has 25 heavy (non-hydrogen) atoms. The Morgan fingerprint density at radius 2 is 1.52 bits per heavy atom. The summed E-state index contributed by atoms with van der Waals surface area (Å²) in [5.41, 5.74) is -0.0465. The number of carbonyl (C=O) groups excluding carboxylic acids is 1. The molecule has 0 aliphatic heterocycles. The molecule has 4 aliphatic carbocycles. The number of hydrogen-bond donors (Lipinski definition) is 0. The molecule has 2 nitrogen and oxygen atoms in total. The molecule has 4 bridgehead atoms. The topological polar surface area (TPSA) is 26.3 Å². The van der Waals surface area contributed by atoms with E-state index in [0.717, 1.165) is 18.3 Å². The van der Waals surface area contributed by atoms with Crippen molar-refractivity contribution in [2.24, 2.45) is 35.0 Å². The first-order valence-electron chi connectivity index (χ1n) is 10.4. The zero-order chi connectivity index (χ0) is 18.6. The number of hydrogen-bond acceptors (Lipinski definition) is 2. The van der Waals surface area contributed by atoms with Crippen molar-refractivity contribution in [3.8, 4) is 0 Å². The highest BCUT2D eigenvalue weighted by Gasteiger charge is 2.61. The van der Waals surface area contributed by atoms with Gasteiger partial charge in [-0.25, -0.2) is 0 Å². The van der Waals surface area contributed by atoms with Crippen LogP contribution in [0.25, 0.3) is 0 Å². The van der Waals surface area contributed by atoms with Gasteiger partial charge in [-0.2, -0.15) is 0 Å². The third kappa shape index (κ3) is 3.42. The molecule has 0 spiro atoms. The Hall–Kier alpha value is -0.100. The average Bonchev–Trinajstić information content (AvgIpc) is 2.47. The summed E-state index contributed by atoms with van der Waals surface area (Å²) in [6, 6.07) is 0.